The summed E-state index contributed by atoms with van der Waals surface area (Å²) in [6.45, 7) is 4.05. The second-order valence-electron chi connectivity index (χ2n) is 3.83. The lowest BCUT2D eigenvalue weighted by atomic mass is 9.94. The molecule has 1 unspecified atom stereocenters. The van der Waals surface area contributed by atoms with E-state index in [1.807, 2.05) is 6.92 Å². The van der Waals surface area contributed by atoms with E-state index in [1.54, 1.807) is 11.3 Å². The summed E-state index contributed by atoms with van der Waals surface area (Å²) in [4.78, 5) is 1.37. The highest BCUT2D eigenvalue weighted by atomic mass is 32.1. The van der Waals surface area contributed by atoms with Gasteiger partial charge in [0.25, 0.3) is 0 Å². The van der Waals surface area contributed by atoms with Gasteiger partial charge in [-0.2, -0.15) is 0 Å². The minimum absolute atomic E-state index is 0.473. The van der Waals surface area contributed by atoms with E-state index in [0.29, 0.717) is 0 Å². The molecule has 0 amide bonds. The van der Waals surface area contributed by atoms with Crippen molar-refractivity contribution >= 4 is 11.3 Å². The van der Waals surface area contributed by atoms with Gasteiger partial charge >= 0.3 is 0 Å². The van der Waals surface area contributed by atoms with Crippen LogP contribution in [0.25, 0.3) is 0 Å². The van der Waals surface area contributed by atoms with E-state index in [-0.39, 0.29) is 0 Å². The van der Waals surface area contributed by atoms with Crippen molar-refractivity contribution in [2.45, 2.75) is 45.1 Å². The summed E-state index contributed by atoms with van der Waals surface area (Å²) < 4.78 is 0. The molecular formula is C11H18OS. The molecule has 1 rings (SSSR count). The second-order valence-corrected chi connectivity index (χ2v) is 4.86. The number of aryl methyl sites for hydroxylation is 1. The molecule has 0 saturated heterocycles. The summed E-state index contributed by atoms with van der Waals surface area (Å²) >= 11 is 1.77. The predicted octanol–water partition coefficient (Wildman–Crippen LogP) is 3.23. The van der Waals surface area contributed by atoms with Gasteiger partial charge in [-0.05, 0) is 37.6 Å². The van der Waals surface area contributed by atoms with E-state index < -0.39 is 5.60 Å². The van der Waals surface area contributed by atoms with Gasteiger partial charge in [0.2, 0.25) is 0 Å². The Hall–Kier alpha value is -0.340. The number of hydrogen-bond donors (Lipinski definition) is 1. The average Bonchev–Trinajstić information content (AvgIpc) is 2.52. The fraction of sp³-hybridized carbons (Fsp3) is 0.636. The molecule has 74 valence electrons. The van der Waals surface area contributed by atoms with E-state index in [4.69, 9.17) is 0 Å². The van der Waals surface area contributed by atoms with Gasteiger partial charge in [0, 0.05) is 4.88 Å². The zero-order valence-electron chi connectivity index (χ0n) is 8.42. The molecule has 0 aliphatic rings. The molecule has 0 saturated carbocycles. The number of rotatable bonds is 5. The molecule has 1 aromatic heterocycles. The molecule has 1 N–H and O–H groups in total. The maximum absolute atomic E-state index is 9.92. The Kier molecular flexibility index (Phi) is 3.94. The molecule has 1 nitrogen and oxygen atoms in total. The molecule has 0 aliphatic carbocycles. The molecule has 0 spiro atoms. The molecule has 1 heterocycles. The van der Waals surface area contributed by atoms with Gasteiger partial charge in [-0.3, -0.25) is 0 Å². The van der Waals surface area contributed by atoms with Crippen LogP contribution >= 0.6 is 11.3 Å². The molecular weight excluding hydrogens is 180 g/mol. The van der Waals surface area contributed by atoms with Gasteiger partial charge in [0.05, 0.1) is 5.60 Å². The lowest BCUT2D eigenvalue weighted by molar-refractivity contribution is 0.0418. The monoisotopic (exact) mass is 198 g/mol. The third-order valence-electron chi connectivity index (χ3n) is 2.28. The van der Waals surface area contributed by atoms with Crippen molar-refractivity contribution in [3.05, 3.63) is 22.4 Å². The van der Waals surface area contributed by atoms with Crippen molar-refractivity contribution in [3.8, 4) is 0 Å². The van der Waals surface area contributed by atoms with E-state index in [2.05, 4.69) is 24.4 Å². The minimum atomic E-state index is -0.473. The first-order valence-electron chi connectivity index (χ1n) is 4.89. The molecule has 0 radical (unpaired) electrons. The second kappa shape index (κ2) is 4.77. The van der Waals surface area contributed by atoms with Crippen LogP contribution in [0.2, 0.25) is 0 Å². The van der Waals surface area contributed by atoms with Crippen LogP contribution < -0.4 is 0 Å². The summed E-state index contributed by atoms with van der Waals surface area (Å²) in [5, 5.41) is 12.0. The molecule has 1 atom stereocenters. The minimum Gasteiger partial charge on any atom is -0.390 e. The quantitative estimate of drug-likeness (QED) is 0.770. The molecule has 0 bridgehead atoms. The number of hydrogen-bond acceptors (Lipinski definition) is 2. The maximum atomic E-state index is 9.92. The fourth-order valence-electron chi connectivity index (χ4n) is 1.51. The van der Waals surface area contributed by atoms with Crippen molar-refractivity contribution in [1.82, 2.24) is 0 Å². The van der Waals surface area contributed by atoms with Crippen LogP contribution in [0.15, 0.2) is 17.5 Å². The van der Waals surface area contributed by atoms with Gasteiger partial charge < -0.3 is 5.11 Å². The molecule has 2 heteroatoms. The van der Waals surface area contributed by atoms with Crippen LogP contribution in [0.5, 0.6) is 0 Å². The zero-order valence-corrected chi connectivity index (χ0v) is 9.23. The highest BCUT2D eigenvalue weighted by Gasteiger charge is 2.18. The van der Waals surface area contributed by atoms with Gasteiger partial charge in [-0.15, -0.1) is 11.3 Å². The van der Waals surface area contributed by atoms with Crippen LogP contribution in [0.3, 0.4) is 0 Å². The van der Waals surface area contributed by atoms with E-state index in [1.165, 1.54) is 4.88 Å². The van der Waals surface area contributed by atoms with E-state index in [0.717, 1.165) is 25.7 Å². The van der Waals surface area contributed by atoms with Gasteiger partial charge in [0.15, 0.2) is 0 Å². The lowest BCUT2D eigenvalue weighted by Gasteiger charge is -2.21. The van der Waals surface area contributed by atoms with Crippen molar-refractivity contribution in [1.29, 1.82) is 0 Å². The smallest absolute Gasteiger partial charge is 0.0623 e. The molecule has 1 aromatic rings. The first-order valence-corrected chi connectivity index (χ1v) is 5.77. The molecule has 0 aliphatic heterocycles. The Morgan fingerprint density at radius 2 is 2.23 bits per heavy atom. The molecule has 13 heavy (non-hydrogen) atoms. The predicted molar refractivity (Wildman–Crippen MR) is 58.2 cm³/mol. The summed E-state index contributed by atoms with van der Waals surface area (Å²) in [6.07, 6.45) is 3.84. The average molecular weight is 198 g/mol. The van der Waals surface area contributed by atoms with Crippen LogP contribution in [-0.2, 0) is 6.42 Å². The number of thiophene rings is 1. The van der Waals surface area contributed by atoms with Crippen LogP contribution in [0, 0.1) is 0 Å². The third kappa shape index (κ3) is 3.92. The maximum Gasteiger partial charge on any atom is 0.0623 e. The van der Waals surface area contributed by atoms with E-state index in [9.17, 15) is 5.11 Å². The summed E-state index contributed by atoms with van der Waals surface area (Å²) in [7, 11) is 0. The highest BCUT2D eigenvalue weighted by Crippen LogP contribution is 2.21. The van der Waals surface area contributed by atoms with Crippen molar-refractivity contribution in [2.24, 2.45) is 0 Å². The van der Waals surface area contributed by atoms with Crippen molar-refractivity contribution in [3.63, 3.8) is 0 Å². The topological polar surface area (TPSA) is 20.2 Å². The Balaban J connectivity index is 2.33. The molecule has 0 fully saturated rings. The lowest BCUT2D eigenvalue weighted by Crippen LogP contribution is -2.24. The normalized spacial score (nSPS) is 15.6. The first kappa shape index (κ1) is 10.7. The van der Waals surface area contributed by atoms with Crippen molar-refractivity contribution in [2.75, 3.05) is 0 Å². The van der Waals surface area contributed by atoms with Crippen LogP contribution in [-0.4, -0.2) is 10.7 Å². The SMILES string of the molecule is CCCC(C)(O)CCc1cccs1. The van der Waals surface area contributed by atoms with Crippen LogP contribution in [0.1, 0.15) is 38.0 Å². The Morgan fingerprint density at radius 1 is 1.46 bits per heavy atom. The van der Waals surface area contributed by atoms with Crippen molar-refractivity contribution < 1.29 is 5.11 Å². The fourth-order valence-corrected chi connectivity index (χ4v) is 2.22. The van der Waals surface area contributed by atoms with E-state index >= 15 is 0 Å². The summed E-state index contributed by atoms with van der Waals surface area (Å²) in [5.74, 6) is 0. The Labute approximate surface area is 84.4 Å². The Bertz CT molecular complexity index is 226. The Morgan fingerprint density at radius 3 is 2.77 bits per heavy atom. The van der Waals surface area contributed by atoms with Gasteiger partial charge in [-0.1, -0.05) is 19.4 Å². The standard InChI is InChI=1S/C11H18OS/c1-3-7-11(2,12)8-6-10-5-4-9-13-10/h4-5,9,12H,3,6-8H2,1-2H3. The highest BCUT2D eigenvalue weighted by molar-refractivity contribution is 7.09. The summed E-state index contributed by atoms with van der Waals surface area (Å²) in [6, 6.07) is 4.20. The van der Waals surface area contributed by atoms with Gasteiger partial charge in [0.1, 0.15) is 0 Å². The third-order valence-corrected chi connectivity index (χ3v) is 3.21. The van der Waals surface area contributed by atoms with Crippen LogP contribution in [0.4, 0.5) is 0 Å². The largest absolute Gasteiger partial charge is 0.390 e. The summed E-state index contributed by atoms with van der Waals surface area (Å²) in [5.41, 5.74) is -0.473. The zero-order chi connectivity index (χ0) is 9.73. The first-order chi connectivity index (χ1) is 6.14. The number of aliphatic hydroxyl groups is 1. The molecule has 0 aromatic carbocycles. The van der Waals surface area contributed by atoms with Gasteiger partial charge in [-0.25, -0.2) is 0 Å².